The lowest BCUT2D eigenvalue weighted by Gasteiger charge is -2.28. The van der Waals surface area contributed by atoms with Gasteiger partial charge in [0.25, 0.3) is 5.91 Å². The van der Waals surface area contributed by atoms with E-state index in [1.54, 1.807) is 18.3 Å². The predicted octanol–water partition coefficient (Wildman–Crippen LogP) is 5.15. The molecule has 1 saturated carbocycles. The number of pyridine rings is 2. The standard InChI is InChI=1S/C26H27N3O4/c1-33-24-13-10-21(15-28-24)26(32)29-22-11-12-23(27-16-22)20-8-6-19(7-9-20)18-4-2-17(3-5-18)14-25(30)31/h6-13,15-18H,2-5,14H2,1H3,(H,29,32)(H,30,31). The summed E-state index contributed by atoms with van der Waals surface area (Å²) in [5.74, 6) is 0.291. The Bertz CT molecular complexity index is 1090. The number of ether oxygens (including phenoxy) is 1. The van der Waals surface area contributed by atoms with E-state index in [-0.39, 0.29) is 12.3 Å². The van der Waals surface area contributed by atoms with Crippen molar-refractivity contribution in [3.8, 4) is 17.1 Å². The number of carbonyl (C=O) groups is 2. The molecule has 0 radical (unpaired) electrons. The maximum absolute atomic E-state index is 12.4. The average Bonchev–Trinajstić information content (AvgIpc) is 2.85. The van der Waals surface area contributed by atoms with Gasteiger partial charge in [-0.15, -0.1) is 0 Å². The molecule has 7 heteroatoms. The SMILES string of the molecule is COc1ccc(C(=O)Nc2ccc(-c3ccc(C4CCC(CC(=O)O)CC4)cc3)nc2)cn1. The lowest BCUT2D eigenvalue weighted by Crippen LogP contribution is -2.16. The van der Waals surface area contributed by atoms with Gasteiger partial charge in [0.2, 0.25) is 5.88 Å². The van der Waals surface area contributed by atoms with Crippen molar-refractivity contribution in [3.63, 3.8) is 0 Å². The first-order chi connectivity index (χ1) is 16.0. The monoisotopic (exact) mass is 445 g/mol. The number of hydrogen-bond donors (Lipinski definition) is 2. The third kappa shape index (κ3) is 5.74. The number of nitrogens with zero attached hydrogens (tertiary/aromatic N) is 2. The van der Waals surface area contributed by atoms with E-state index in [0.717, 1.165) is 36.9 Å². The van der Waals surface area contributed by atoms with Crippen LogP contribution in [0.4, 0.5) is 5.69 Å². The Hall–Kier alpha value is -3.74. The molecule has 0 bridgehead atoms. The molecule has 0 spiro atoms. The topological polar surface area (TPSA) is 101 Å². The number of aromatic nitrogens is 2. The molecule has 1 aliphatic carbocycles. The summed E-state index contributed by atoms with van der Waals surface area (Å²) in [6, 6.07) is 15.4. The van der Waals surface area contributed by atoms with Crippen LogP contribution >= 0.6 is 0 Å². The van der Waals surface area contributed by atoms with Crippen LogP contribution in [-0.2, 0) is 4.79 Å². The molecule has 1 aliphatic rings. The molecule has 170 valence electrons. The largest absolute Gasteiger partial charge is 0.481 e. The summed E-state index contributed by atoms with van der Waals surface area (Å²) in [7, 11) is 1.53. The molecule has 3 aromatic rings. The van der Waals surface area contributed by atoms with E-state index in [0.29, 0.717) is 29.0 Å². The van der Waals surface area contributed by atoms with Crippen molar-refractivity contribution in [1.29, 1.82) is 0 Å². The smallest absolute Gasteiger partial charge is 0.303 e. The molecule has 7 nitrogen and oxygen atoms in total. The summed E-state index contributed by atoms with van der Waals surface area (Å²) in [4.78, 5) is 31.8. The predicted molar refractivity (Wildman–Crippen MR) is 125 cm³/mol. The Balaban J connectivity index is 1.35. The molecule has 4 rings (SSSR count). The molecule has 1 amide bonds. The van der Waals surface area contributed by atoms with E-state index >= 15 is 0 Å². The number of benzene rings is 1. The van der Waals surface area contributed by atoms with Crippen molar-refractivity contribution >= 4 is 17.6 Å². The normalized spacial score (nSPS) is 17.8. The zero-order chi connectivity index (χ0) is 23.2. The van der Waals surface area contributed by atoms with Gasteiger partial charge in [0, 0.05) is 24.2 Å². The van der Waals surface area contributed by atoms with E-state index < -0.39 is 5.97 Å². The summed E-state index contributed by atoms with van der Waals surface area (Å²) in [5, 5.41) is 11.8. The number of anilines is 1. The van der Waals surface area contributed by atoms with Gasteiger partial charge < -0.3 is 15.2 Å². The molecule has 0 aliphatic heterocycles. The van der Waals surface area contributed by atoms with Gasteiger partial charge in [0.15, 0.2) is 0 Å². The van der Waals surface area contributed by atoms with Gasteiger partial charge in [-0.3, -0.25) is 14.6 Å². The zero-order valence-electron chi connectivity index (χ0n) is 18.5. The molecular weight excluding hydrogens is 418 g/mol. The zero-order valence-corrected chi connectivity index (χ0v) is 18.5. The van der Waals surface area contributed by atoms with Crippen molar-refractivity contribution in [2.24, 2.45) is 5.92 Å². The quantitative estimate of drug-likeness (QED) is 0.521. The highest BCUT2D eigenvalue weighted by Gasteiger charge is 2.24. The third-order valence-corrected chi connectivity index (χ3v) is 6.22. The summed E-state index contributed by atoms with van der Waals surface area (Å²) in [6.45, 7) is 0. The number of hydrogen-bond acceptors (Lipinski definition) is 5. The summed E-state index contributed by atoms with van der Waals surface area (Å²) >= 11 is 0. The molecule has 2 aromatic heterocycles. The number of carboxylic acid groups (broad SMARTS) is 1. The fraction of sp³-hybridized carbons (Fsp3) is 0.308. The number of amides is 1. The molecule has 1 aromatic carbocycles. The van der Waals surface area contributed by atoms with Gasteiger partial charge in [-0.1, -0.05) is 24.3 Å². The minimum absolute atomic E-state index is 0.262. The fourth-order valence-electron chi connectivity index (χ4n) is 4.35. The summed E-state index contributed by atoms with van der Waals surface area (Å²) in [5.41, 5.74) is 4.18. The van der Waals surface area contributed by atoms with Gasteiger partial charge >= 0.3 is 5.97 Å². The summed E-state index contributed by atoms with van der Waals surface area (Å²) in [6.07, 6.45) is 7.41. The second-order valence-electron chi connectivity index (χ2n) is 8.41. The van der Waals surface area contributed by atoms with Crippen LogP contribution in [0.15, 0.2) is 60.9 Å². The number of carboxylic acids is 1. The molecule has 2 N–H and O–H groups in total. The van der Waals surface area contributed by atoms with E-state index in [2.05, 4.69) is 39.6 Å². The lowest BCUT2D eigenvalue weighted by atomic mass is 9.77. The number of methoxy groups -OCH3 is 1. The molecule has 0 saturated heterocycles. The van der Waals surface area contributed by atoms with Crippen LogP contribution in [0.3, 0.4) is 0 Å². The van der Waals surface area contributed by atoms with Crippen LogP contribution in [0.5, 0.6) is 5.88 Å². The Morgan fingerprint density at radius 1 is 0.970 bits per heavy atom. The highest BCUT2D eigenvalue weighted by molar-refractivity contribution is 6.04. The second-order valence-corrected chi connectivity index (χ2v) is 8.41. The van der Waals surface area contributed by atoms with Crippen molar-refractivity contribution < 1.29 is 19.4 Å². The second kappa shape index (κ2) is 10.3. The van der Waals surface area contributed by atoms with Crippen LogP contribution < -0.4 is 10.1 Å². The molecule has 2 heterocycles. The van der Waals surface area contributed by atoms with Crippen molar-refractivity contribution in [2.75, 3.05) is 12.4 Å². The van der Waals surface area contributed by atoms with Crippen molar-refractivity contribution in [1.82, 2.24) is 9.97 Å². The maximum Gasteiger partial charge on any atom is 0.303 e. The lowest BCUT2D eigenvalue weighted by molar-refractivity contribution is -0.138. The Morgan fingerprint density at radius 3 is 2.30 bits per heavy atom. The number of rotatable bonds is 7. The van der Waals surface area contributed by atoms with E-state index in [1.807, 2.05) is 12.1 Å². The van der Waals surface area contributed by atoms with E-state index in [4.69, 9.17) is 9.84 Å². The van der Waals surface area contributed by atoms with E-state index in [9.17, 15) is 9.59 Å². The van der Waals surface area contributed by atoms with Crippen molar-refractivity contribution in [3.05, 3.63) is 72.1 Å². The molecule has 33 heavy (non-hydrogen) atoms. The molecule has 0 unspecified atom stereocenters. The number of carbonyl (C=O) groups excluding carboxylic acids is 1. The van der Waals surface area contributed by atoms with Gasteiger partial charge in [0.1, 0.15) is 0 Å². The first-order valence-electron chi connectivity index (χ1n) is 11.1. The van der Waals surface area contributed by atoms with Crippen LogP contribution in [-0.4, -0.2) is 34.1 Å². The maximum atomic E-state index is 12.4. The number of nitrogens with one attached hydrogen (secondary N) is 1. The Kier molecular flexibility index (Phi) is 6.98. The van der Waals surface area contributed by atoms with E-state index in [1.165, 1.54) is 18.9 Å². The Labute approximate surface area is 192 Å². The summed E-state index contributed by atoms with van der Waals surface area (Å²) < 4.78 is 5.01. The van der Waals surface area contributed by atoms with Crippen LogP contribution in [0.2, 0.25) is 0 Å². The number of aliphatic carboxylic acids is 1. The fourth-order valence-corrected chi connectivity index (χ4v) is 4.35. The first-order valence-corrected chi connectivity index (χ1v) is 11.1. The Morgan fingerprint density at radius 2 is 1.73 bits per heavy atom. The molecular formula is C26H27N3O4. The average molecular weight is 446 g/mol. The molecule has 0 atom stereocenters. The van der Waals surface area contributed by atoms with Gasteiger partial charge in [0.05, 0.1) is 30.3 Å². The van der Waals surface area contributed by atoms with Crippen LogP contribution in [0, 0.1) is 5.92 Å². The minimum Gasteiger partial charge on any atom is -0.481 e. The van der Waals surface area contributed by atoms with Crippen LogP contribution in [0.25, 0.3) is 11.3 Å². The van der Waals surface area contributed by atoms with Gasteiger partial charge in [-0.2, -0.15) is 0 Å². The highest BCUT2D eigenvalue weighted by Crippen LogP contribution is 2.37. The third-order valence-electron chi connectivity index (χ3n) is 6.22. The minimum atomic E-state index is -0.696. The van der Waals surface area contributed by atoms with Crippen LogP contribution in [0.1, 0.15) is 53.9 Å². The highest BCUT2D eigenvalue weighted by atomic mass is 16.5. The van der Waals surface area contributed by atoms with Gasteiger partial charge in [-0.05, 0) is 61.3 Å². The molecule has 1 fully saturated rings. The van der Waals surface area contributed by atoms with Crippen molar-refractivity contribution in [2.45, 2.75) is 38.0 Å². The first kappa shape index (κ1) is 22.5. The van der Waals surface area contributed by atoms with Gasteiger partial charge in [-0.25, -0.2) is 4.98 Å².